The highest BCUT2D eigenvalue weighted by molar-refractivity contribution is 7.86. The van der Waals surface area contributed by atoms with E-state index in [4.69, 9.17) is 24.6 Å². The fourth-order valence-corrected chi connectivity index (χ4v) is 4.97. The fraction of sp³-hybridized carbons (Fsp3) is 0.476. The van der Waals surface area contributed by atoms with Gasteiger partial charge in [-0.3, -0.25) is 4.57 Å². The van der Waals surface area contributed by atoms with Gasteiger partial charge in [0.25, 0.3) is 10.2 Å². The lowest BCUT2D eigenvalue weighted by Crippen LogP contribution is -2.51. The molecule has 2 aliphatic rings. The summed E-state index contributed by atoms with van der Waals surface area (Å²) in [6.45, 7) is 2.16. The van der Waals surface area contributed by atoms with Crippen molar-refractivity contribution in [2.45, 2.75) is 25.5 Å². The van der Waals surface area contributed by atoms with E-state index in [1.165, 1.54) is 4.31 Å². The summed E-state index contributed by atoms with van der Waals surface area (Å²) in [4.78, 5) is 16.3. The number of aromatic nitrogens is 4. The zero-order valence-electron chi connectivity index (χ0n) is 18.4. The van der Waals surface area contributed by atoms with Crippen molar-refractivity contribution in [3.05, 3.63) is 30.6 Å². The molecule has 4 heterocycles. The molecule has 0 radical (unpaired) electrons. The Kier molecular flexibility index (Phi) is 5.91. The molecule has 2 aromatic heterocycles. The summed E-state index contributed by atoms with van der Waals surface area (Å²) in [5, 5.41) is 5.29. The molecule has 11 nitrogen and oxygen atoms in total. The molecule has 0 amide bonds. The molecule has 3 aromatic rings. The normalized spacial score (nSPS) is 20.3. The molecule has 0 spiro atoms. The Morgan fingerprint density at radius 3 is 2.48 bits per heavy atom. The minimum Gasteiger partial charge on any atom is -0.497 e. The van der Waals surface area contributed by atoms with Gasteiger partial charge in [-0.25, -0.2) is 15.1 Å². The molecule has 1 unspecified atom stereocenters. The van der Waals surface area contributed by atoms with Crippen molar-refractivity contribution in [1.82, 2.24) is 23.8 Å². The Balaban J connectivity index is 1.57. The number of methoxy groups -OCH3 is 1. The van der Waals surface area contributed by atoms with Gasteiger partial charge in [-0.1, -0.05) is 0 Å². The van der Waals surface area contributed by atoms with Crippen LogP contribution in [0.2, 0.25) is 0 Å². The van der Waals surface area contributed by atoms with Crippen LogP contribution in [0.5, 0.6) is 5.75 Å². The Bertz CT molecular complexity index is 1230. The van der Waals surface area contributed by atoms with E-state index < -0.39 is 10.2 Å². The summed E-state index contributed by atoms with van der Waals surface area (Å²) in [7, 11) is -2.08. The van der Waals surface area contributed by atoms with Crippen LogP contribution < -0.4 is 14.8 Å². The van der Waals surface area contributed by atoms with Gasteiger partial charge in [0.05, 0.1) is 13.4 Å². The lowest BCUT2D eigenvalue weighted by Gasteiger charge is -2.33. The molecule has 12 heteroatoms. The predicted molar refractivity (Wildman–Crippen MR) is 123 cm³/mol. The molecular formula is C21H27N7O4S. The van der Waals surface area contributed by atoms with Crippen molar-refractivity contribution in [2.24, 2.45) is 5.14 Å². The first-order valence-corrected chi connectivity index (χ1v) is 12.5. The number of nitrogens with zero attached hydrogens (tertiary/aromatic N) is 6. The number of piperazine rings is 1. The van der Waals surface area contributed by atoms with Crippen molar-refractivity contribution >= 4 is 27.3 Å². The van der Waals surface area contributed by atoms with Crippen LogP contribution in [0.15, 0.2) is 30.6 Å². The monoisotopic (exact) mass is 473 g/mol. The third-order valence-electron chi connectivity index (χ3n) is 6.12. The molecule has 2 fully saturated rings. The zero-order valence-corrected chi connectivity index (χ0v) is 19.2. The molecule has 1 atom stereocenters. The topological polar surface area (TPSA) is 129 Å². The summed E-state index contributed by atoms with van der Waals surface area (Å²) in [6.07, 6.45) is 4.69. The van der Waals surface area contributed by atoms with Crippen LogP contribution in [0.3, 0.4) is 0 Å². The SMILES string of the molecule is COc1ccc(-c2nc(N3CCN(S(N)(=O)=O)CC3)nc3c2ncn3C2CCCCO2)cc1. The van der Waals surface area contributed by atoms with Gasteiger partial charge in [0.2, 0.25) is 5.95 Å². The molecule has 1 aromatic carbocycles. The molecule has 0 bridgehead atoms. The minimum atomic E-state index is -3.71. The predicted octanol–water partition coefficient (Wildman–Crippen LogP) is 1.53. The average Bonchev–Trinajstić information content (AvgIpc) is 3.28. The van der Waals surface area contributed by atoms with Gasteiger partial charge in [0, 0.05) is 38.3 Å². The highest BCUT2D eigenvalue weighted by atomic mass is 32.2. The zero-order chi connectivity index (χ0) is 23.0. The molecule has 0 aliphatic carbocycles. The molecule has 5 rings (SSSR count). The van der Waals surface area contributed by atoms with Crippen molar-refractivity contribution in [1.29, 1.82) is 0 Å². The van der Waals surface area contributed by atoms with E-state index >= 15 is 0 Å². The summed E-state index contributed by atoms with van der Waals surface area (Å²) in [6, 6.07) is 7.66. The highest BCUT2D eigenvalue weighted by Crippen LogP contribution is 2.32. The van der Waals surface area contributed by atoms with Gasteiger partial charge >= 0.3 is 0 Å². The molecule has 0 saturated carbocycles. The van der Waals surface area contributed by atoms with Gasteiger partial charge in [-0.15, -0.1) is 0 Å². The summed E-state index contributed by atoms with van der Waals surface area (Å²) >= 11 is 0. The summed E-state index contributed by atoms with van der Waals surface area (Å²) in [5.74, 6) is 1.28. The maximum absolute atomic E-state index is 11.7. The first kappa shape index (κ1) is 22.0. The average molecular weight is 474 g/mol. The molecule has 2 saturated heterocycles. The first-order valence-electron chi connectivity index (χ1n) is 11.0. The van der Waals surface area contributed by atoms with Crippen LogP contribution in [0.4, 0.5) is 5.95 Å². The van der Waals surface area contributed by atoms with Gasteiger partial charge in [0.1, 0.15) is 23.2 Å². The third-order valence-corrected chi connectivity index (χ3v) is 7.21. The van der Waals surface area contributed by atoms with Crippen LogP contribution in [0.25, 0.3) is 22.4 Å². The van der Waals surface area contributed by atoms with Crippen molar-refractivity contribution < 1.29 is 17.9 Å². The van der Waals surface area contributed by atoms with Crippen molar-refractivity contribution in [2.75, 3.05) is 44.8 Å². The summed E-state index contributed by atoms with van der Waals surface area (Å²) in [5.41, 5.74) is 3.00. The Labute approximate surface area is 192 Å². The Hall–Kier alpha value is -2.80. The smallest absolute Gasteiger partial charge is 0.277 e. The van der Waals surface area contributed by atoms with E-state index in [0.717, 1.165) is 30.6 Å². The molecule has 33 heavy (non-hydrogen) atoms. The maximum atomic E-state index is 11.7. The number of ether oxygens (including phenoxy) is 2. The number of hydrogen-bond donors (Lipinski definition) is 1. The number of hydrogen-bond acceptors (Lipinski definition) is 8. The van der Waals surface area contributed by atoms with E-state index in [1.807, 2.05) is 33.7 Å². The molecule has 176 valence electrons. The molecule has 2 aliphatic heterocycles. The first-order chi connectivity index (χ1) is 15.9. The largest absolute Gasteiger partial charge is 0.497 e. The van der Waals surface area contributed by atoms with Crippen LogP contribution in [-0.2, 0) is 14.9 Å². The van der Waals surface area contributed by atoms with E-state index in [1.54, 1.807) is 13.4 Å². The third kappa shape index (κ3) is 4.38. The number of anilines is 1. The van der Waals surface area contributed by atoms with E-state index in [2.05, 4.69) is 4.98 Å². The lowest BCUT2D eigenvalue weighted by atomic mass is 10.1. The van der Waals surface area contributed by atoms with Crippen LogP contribution in [0.1, 0.15) is 25.5 Å². The number of fused-ring (bicyclic) bond motifs is 1. The van der Waals surface area contributed by atoms with E-state index in [9.17, 15) is 8.42 Å². The van der Waals surface area contributed by atoms with E-state index in [0.29, 0.717) is 42.5 Å². The van der Waals surface area contributed by atoms with Crippen LogP contribution >= 0.6 is 0 Å². The van der Waals surface area contributed by atoms with E-state index in [-0.39, 0.29) is 19.3 Å². The van der Waals surface area contributed by atoms with Crippen molar-refractivity contribution in [3.8, 4) is 17.0 Å². The second kappa shape index (κ2) is 8.86. The molecular weight excluding hydrogens is 446 g/mol. The van der Waals surface area contributed by atoms with Gasteiger partial charge in [-0.05, 0) is 43.5 Å². The Morgan fingerprint density at radius 2 is 1.85 bits per heavy atom. The quantitative estimate of drug-likeness (QED) is 0.591. The van der Waals surface area contributed by atoms with Gasteiger partial charge in [-0.2, -0.15) is 17.7 Å². The second-order valence-electron chi connectivity index (χ2n) is 8.18. The number of imidazole rings is 1. The van der Waals surface area contributed by atoms with Crippen LogP contribution in [0, 0.1) is 0 Å². The molecule has 2 N–H and O–H groups in total. The van der Waals surface area contributed by atoms with Gasteiger partial charge < -0.3 is 14.4 Å². The minimum absolute atomic E-state index is 0.116. The second-order valence-corrected chi connectivity index (χ2v) is 9.72. The summed E-state index contributed by atoms with van der Waals surface area (Å²) < 4.78 is 37.9. The Morgan fingerprint density at radius 1 is 1.09 bits per heavy atom. The number of rotatable bonds is 5. The number of nitrogens with two attached hydrogens (primary N) is 1. The van der Waals surface area contributed by atoms with Crippen molar-refractivity contribution in [3.63, 3.8) is 0 Å². The number of benzene rings is 1. The highest BCUT2D eigenvalue weighted by Gasteiger charge is 2.27. The van der Waals surface area contributed by atoms with Crippen LogP contribution in [-0.4, -0.2) is 72.1 Å². The fourth-order valence-electron chi connectivity index (χ4n) is 4.29. The van der Waals surface area contributed by atoms with Gasteiger partial charge in [0.15, 0.2) is 5.65 Å². The lowest BCUT2D eigenvalue weighted by molar-refractivity contribution is -0.0298. The maximum Gasteiger partial charge on any atom is 0.277 e. The standard InChI is InChI=1S/C21H27N7O4S/c1-31-16-7-5-15(6-8-16)18-19-20(28(14-23-19)17-4-2-3-13-32-17)25-21(24-18)26-9-11-27(12-10-26)33(22,29)30/h5-8,14,17H,2-4,9-13H2,1H3,(H2,22,29,30).